The van der Waals surface area contributed by atoms with Crippen molar-refractivity contribution in [1.82, 2.24) is 15.0 Å². The first-order chi connectivity index (χ1) is 26.8. The Kier molecular flexibility index (Phi) is 7.00. The highest BCUT2D eigenvalue weighted by Crippen LogP contribution is 2.44. The Bertz CT molecular complexity index is 3200. The van der Waals surface area contributed by atoms with Gasteiger partial charge in [-0.25, -0.2) is 15.0 Å². The van der Waals surface area contributed by atoms with Crippen LogP contribution in [0.5, 0.6) is 0 Å². The molecule has 0 radical (unpaired) electrons. The van der Waals surface area contributed by atoms with Crippen molar-refractivity contribution >= 4 is 64.2 Å². The molecule has 0 saturated carbocycles. The molecule has 0 N–H and O–H groups in total. The van der Waals surface area contributed by atoms with Crippen LogP contribution in [-0.2, 0) is 0 Å². The van der Waals surface area contributed by atoms with Crippen LogP contribution < -0.4 is 0 Å². The largest absolute Gasteiger partial charge is 0.455 e. The van der Waals surface area contributed by atoms with E-state index in [-0.39, 0.29) is 0 Å². The Morgan fingerprint density at radius 3 is 1.70 bits per heavy atom. The van der Waals surface area contributed by atoms with E-state index in [4.69, 9.17) is 19.4 Å². The van der Waals surface area contributed by atoms with Crippen molar-refractivity contribution in [3.05, 3.63) is 176 Å². The fourth-order valence-electron chi connectivity index (χ4n) is 7.81. The van der Waals surface area contributed by atoms with Crippen LogP contribution in [0.3, 0.4) is 0 Å². The molecule has 0 fully saturated rings. The normalized spacial score (nSPS) is 11.7. The van der Waals surface area contributed by atoms with Crippen molar-refractivity contribution in [3.63, 3.8) is 0 Å². The van der Waals surface area contributed by atoms with E-state index >= 15 is 0 Å². The Balaban J connectivity index is 1.07. The number of nitrogens with zero attached hydrogens (tertiary/aromatic N) is 3. The van der Waals surface area contributed by atoms with Crippen LogP contribution in [0.15, 0.2) is 180 Å². The van der Waals surface area contributed by atoms with Gasteiger partial charge in [-0.05, 0) is 51.9 Å². The maximum Gasteiger partial charge on any atom is 0.165 e. The van der Waals surface area contributed by atoms with Gasteiger partial charge in [0, 0.05) is 53.0 Å². The Labute approximate surface area is 314 Å². The zero-order valence-corrected chi connectivity index (χ0v) is 29.7. The fourth-order valence-corrected chi connectivity index (χ4v) is 9.02. The molecular weight excluding hydrogens is 679 g/mol. The molecule has 0 bridgehead atoms. The predicted octanol–water partition coefficient (Wildman–Crippen LogP) is 13.6. The van der Waals surface area contributed by atoms with Crippen LogP contribution in [0.4, 0.5) is 0 Å². The lowest BCUT2D eigenvalue weighted by Gasteiger charge is -2.10. The van der Waals surface area contributed by atoms with Gasteiger partial charge in [0.05, 0.1) is 0 Å². The molecule has 0 spiro atoms. The number of furan rings is 1. The van der Waals surface area contributed by atoms with Crippen molar-refractivity contribution in [2.75, 3.05) is 0 Å². The van der Waals surface area contributed by atoms with E-state index in [0.29, 0.717) is 17.5 Å². The molecule has 5 heteroatoms. The zero-order valence-electron chi connectivity index (χ0n) is 28.9. The topological polar surface area (TPSA) is 51.8 Å². The van der Waals surface area contributed by atoms with Crippen molar-refractivity contribution in [1.29, 1.82) is 0 Å². The highest BCUT2D eigenvalue weighted by atomic mass is 32.1. The predicted molar refractivity (Wildman–Crippen MR) is 225 cm³/mol. The molecule has 0 atom stereocenters. The quantitative estimate of drug-likeness (QED) is 0.179. The minimum absolute atomic E-state index is 0.634. The summed E-state index contributed by atoms with van der Waals surface area (Å²) in [5.41, 5.74) is 9.23. The molecule has 8 aromatic carbocycles. The number of fused-ring (bicyclic) bond motifs is 8. The van der Waals surface area contributed by atoms with Crippen LogP contribution in [0.25, 0.3) is 109 Å². The van der Waals surface area contributed by atoms with Crippen LogP contribution in [0.2, 0.25) is 0 Å². The third kappa shape index (κ3) is 4.94. The fraction of sp³-hybridized carbons (Fsp3) is 0. The molecule has 0 amide bonds. The van der Waals surface area contributed by atoms with Crippen molar-refractivity contribution in [3.8, 4) is 56.4 Å². The van der Waals surface area contributed by atoms with E-state index < -0.39 is 0 Å². The molecule has 11 aromatic rings. The van der Waals surface area contributed by atoms with Crippen LogP contribution in [0, 0.1) is 0 Å². The summed E-state index contributed by atoms with van der Waals surface area (Å²) in [5, 5.41) is 6.96. The van der Waals surface area contributed by atoms with E-state index in [0.717, 1.165) is 55.1 Å². The van der Waals surface area contributed by atoms with E-state index in [1.165, 1.54) is 36.7 Å². The number of benzene rings is 8. The summed E-state index contributed by atoms with van der Waals surface area (Å²) in [6.07, 6.45) is 0. The standard InChI is InChI=1S/C49H29N3OS/c1-3-13-30(14-4-1)40-29-41-44-34(20-12-23-42(44)53-45(41)37-19-8-7-17-35(37)40)31-25-27-33(28-26-31)48-50-47(32-15-5-2-6-16-32)51-49(52-48)39-22-11-21-38-36-18-9-10-24-43(36)54-46(38)39/h1-29H. The van der Waals surface area contributed by atoms with Gasteiger partial charge in [-0.15, -0.1) is 11.3 Å². The molecule has 0 unspecified atom stereocenters. The minimum atomic E-state index is 0.634. The summed E-state index contributed by atoms with van der Waals surface area (Å²) in [7, 11) is 0. The first-order valence-corrected chi connectivity index (χ1v) is 18.8. The number of hydrogen-bond donors (Lipinski definition) is 0. The number of rotatable bonds is 5. The molecule has 0 aliphatic heterocycles. The second kappa shape index (κ2) is 12.3. The highest BCUT2D eigenvalue weighted by Gasteiger charge is 2.19. The highest BCUT2D eigenvalue weighted by molar-refractivity contribution is 7.26. The van der Waals surface area contributed by atoms with Gasteiger partial charge in [-0.2, -0.15) is 0 Å². The van der Waals surface area contributed by atoms with Crippen LogP contribution in [-0.4, -0.2) is 15.0 Å². The van der Waals surface area contributed by atoms with E-state index in [1.54, 1.807) is 11.3 Å². The molecule has 0 aliphatic rings. The van der Waals surface area contributed by atoms with Gasteiger partial charge in [-0.1, -0.05) is 152 Å². The van der Waals surface area contributed by atoms with Crippen LogP contribution >= 0.6 is 11.3 Å². The number of hydrogen-bond acceptors (Lipinski definition) is 5. The molecule has 3 heterocycles. The summed E-state index contributed by atoms with van der Waals surface area (Å²) >= 11 is 1.78. The summed E-state index contributed by atoms with van der Waals surface area (Å²) in [6, 6.07) is 61.4. The van der Waals surface area contributed by atoms with E-state index in [1.807, 2.05) is 30.3 Å². The molecule has 0 aliphatic carbocycles. The van der Waals surface area contributed by atoms with Gasteiger partial charge in [0.1, 0.15) is 11.2 Å². The molecule has 54 heavy (non-hydrogen) atoms. The Morgan fingerprint density at radius 2 is 0.926 bits per heavy atom. The van der Waals surface area contributed by atoms with E-state index in [9.17, 15) is 0 Å². The average Bonchev–Trinajstić information content (AvgIpc) is 3.83. The van der Waals surface area contributed by atoms with E-state index in [2.05, 4.69) is 146 Å². The van der Waals surface area contributed by atoms with Gasteiger partial charge >= 0.3 is 0 Å². The van der Waals surface area contributed by atoms with Gasteiger partial charge in [0.25, 0.3) is 0 Å². The molecule has 252 valence electrons. The first-order valence-electron chi connectivity index (χ1n) is 18.0. The lowest BCUT2D eigenvalue weighted by atomic mass is 9.93. The summed E-state index contributed by atoms with van der Waals surface area (Å²) in [6.45, 7) is 0. The average molecular weight is 708 g/mol. The van der Waals surface area contributed by atoms with Crippen molar-refractivity contribution in [2.45, 2.75) is 0 Å². The third-order valence-corrected chi connectivity index (χ3v) is 11.6. The smallest absolute Gasteiger partial charge is 0.165 e. The van der Waals surface area contributed by atoms with Crippen molar-refractivity contribution in [2.24, 2.45) is 0 Å². The second-order valence-electron chi connectivity index (χ2n) is 13.5. The van der Waals surface area contributed by atoms with Gasteiger partial charge in [0.15, 0.2) is 17.5 Å². The van der Waals surface area contributed by atoms with Gasteiger partial charge in [0.2, 0.25) is 0 Å². The minimum Gasteiger partial charge on any atom is -0.455 e. The second-order valence-corrected chi connectivity index (χ2v) is 14.6. The molecule has 0 saturated heterocycles. The monoisotopic (exact) mass is 707 g/mol. The van der Waals surface area contributed by atoms with Gasteiger partial charge < -0.3 is 4.42 Å². The van der Waals surface area contributed by atoms with Crippen LogP contribution in [0.1, 0.15) is 0 Å². The summed E-state index contributed by atoms with van der Waals surface area (Å²) in [5.74, 6) is 1.94. The third-order valence-electron chi connectivity index (χ3n) is 10.4. The maximum atomic E-state index is 6.65. The molecule has 4 nitrogen and oxygen atoms in total. The lowest BCUT2D eigenvalue weighted by Crippen LogP contribution is -2.00. The maximum absolute atomic E-state index is 6.65. The number of thiophene rings is 1. The summed E-state index contributed by atoms with van der Waals surface area (Å²) in [4.78, 5) is 15.2. The SMILES string of the molecule is c1ccc(-c2nc(-c3ccc(-c4cccc5oc6c7ccccc7c(-c7ccccc7)cc6c45)cc3)nc(-c3cccc4c3sc3ccccc34)n2)cc1. The lowest BCUT2D eigenvalue weighted by molar-refractivity contribution is 0.673. The van der Waals surface area contributed by atoms with Gasteiger partial charge in [-0.3, -0.25) is 0 Å². The Hall–Kier alpha value is -6.95. The molecule has 3 aromatic heterocycles. The first kappa shape index (κ1) is 30.7. The number of aromatic nitrogens is 3. The molecule has 11 rings (SSSR count). The Morgan fingerprint density at radius 1 is 0.370 bits per heavy atom. The van der Waals surface area contributed by atoms with Crippen molar-refractivity contribution < 1.29 is 4.42 Å². The zero-order chi connectivity index (χ0) is 35.6. The summed E-state index contributed by atoms with van der Waals surface area (Å²) < 4.78 is 9.07. The molecular formula is C49H29N3OS.